The molecule has 0 saturated carbocycles. The van der Waals surface area contributed by atoms with E-state index >= 15 is 0 Å². The third-order valence-electron chi connectivity index (χ3n) is 3.59. The molecule has 0 saturated heterocycles. The monoisotopic (exact) mass is 346 g/mol. The van der Waals surface area contributed by atoms with Crippen LogP contribution in [0, 0.1) is 0 Å². The number of fused-ring (bicyclic) bond motifs is 1. The summed E-state index contributed by atoms with van der Waals surface area (Å²) in [6, 6.07) is 16.5. The minimum Gasteiger partial charge on any atom is -0.492 e. The van der Waals surface area contributed by atoms with E-state index in [2.05, 4.69) is 50.4 Å². The lowest BCUT2D eigenvalue weighted by molar-refractivity contribution is 0.323. The van der Waals surface area contributed by atoms with Gasteiger partial charge in [-0.3, -0.25) is 0 Å². The van der Waals surface area contributed by atoms with Crippen molar-refractivity contribution in [2.24, 2.45) is 0 Å². The van der Waals surface area contributed by atoms with Gasteiger partial charge in [0.2, 0.25) is 0 Å². The minimum absolute atomic E-state index is 0.685. The summed E-state index contributed by atoms with van der Waals surface area (Å²) in [7, 11) is 0. The fourth-order valence-electron chi connectivity index (χ4n) is 2.58. The standard InChI is InChI=1S/C17H19BrN2O/c18-14-5-3-6-15(13-14)21-12-11-20-10-4-9-19-16-7-1-2-8-17(16)20/h1-3,5-8,13,19H,4,9-12H2. The summed E-state index contributed by atoms with van der Waals surface area (Å²) < 4.78 is 6.90. The quantitative estimate of drug-likeness (QED) is 0.899. The maximum Gasteiger partial charge on any atom is 0.120 e. The Morgan fingerprint density at radius 2 is 2.05 bits per heavy atom. The van der Waals surface area contributed by atoms with Crippen molar-refractivity contribution in [3.05, 3.63) is 53.0 Å². The van der Waals surface area contributed by atoms with Crippen LogP contribution in [0.4, 0.5) is 11.4 Å². The first-order valence-electron chi connectivity index (χ1n) is 7.29. The second-order valence-electron chi connectivity index (χ2n) is 5.09. The van der Waals surface area contributed by atoms with E-state index in [4.69, 9.17) is 4.74 Å². The van der Waals surface area contributed by atoms with Gasteiger partial charge >= 0.3 is 0 Å². The number of ether oxygens (including phenoxy) is 1. The molecule has 2 aromatic carbocycles. The highest BCUT2D eigenvalue weighted by atomic mass is 79.9. The second-order valence-corrected chi connectivity index (χ2v) is 6.01. The zero-order valence-corrected chi connectivity index (χ0v) is 13.5. The van der Waals surface area contributed by atoms with Gasteiger partial charge in [-0.1, -0.05) is 34.1 Å². The lowest BCUT2D eigenvalue weighted by atomic mass is 10.2. The first kappa shape index (κ1) is 14.3. The number of rotatable bonds is 4. The maximum absolute atomic E-state index is 5.85. The van der Waals surface area contributed by atoms with E-state index in [1.807, 2.05) is 24.3 Å². The number of nitrogens with one attached hydrogen (secondary N) is 1. The molecule has 21 heavy (non-hydrogen) atoms. The highest BCUT2D eigenvalue weighted by molar-refractivity contribution is 9.10. The number of halogens is 1. The molecule has 0 bridgehead atoms. The van der Waals surface area contributed by atoms with Crippen molar-refractivity contribution in [2.75, 3.05) is 36.5 Å². The van der Waals surface area contributed by atoms with Crippen molar-refractivity contribution < 1.29 is 4.74 Å². The van der Waals surface area contributed by atoms with Gasteiger partial charge in [0.25, 0.3) is 0 Å². The maximum atomic E-state index is 5.85. The third kappa shape index (κ3) is 3.70. The van der Waals surface area contributed by atoms with E-state index in [1.54, 1.807) is 0 Å². The molecule has 110 valence electrons. The zero-order chi connectivity index (χ0) is 14.5. The summed E-state index contributed by atoms with van der Waals surface area (Å²) in [5.41, 5.74) is 2.49. The van der Waals surface area contributed by atoms with Gasteiger partial charge in [0.05, 0.1) is 17.9 Å². The van der Waals surface area contributed by atoms with Crippen LogP contribution in [0.15, 0.2) is 53.0 Å². The Hall–Kier alpha value is -1.68. The fraction of sp³-hybridized carbons (Fsp3) is 0.294. The van der Waals surface area contributed by atoms with Gasteiger partial charge in [-0.05, 0) is 36.8 Å². The van der Waals surface area contributed by atoms with Crippen LogP contribution < -0.4 is 15.0 Å². The zero-order valence-electron chi connectivity index (χ0n) is 11.9. The molecule has 0 radical (unpaired) electrons. The predicted octanol–water partition coefficient (Wildman–Crippen LogP) is 4.15. The van der Waals surface area contributed by atoms with Crippen molar-refractivity contribution in [1.29, 1.82) is 0 Å². The van der Waals surface area contributed by atoms with Gasteiger partial charge in [0.1, 0.15) is 12.4 Å². The topological polar surface area (TPSA) is 24.5 Å². The minimum atomic E-state index is 0.685. The summed E-state index contributed by atoms with van der Waals surface area (Å²) in [5.74, 6) is 0.908. The number of nitrogens with zero attached hydrogens (tertiary/aromatic N) is 1. The molecule has 3 rings (SSSR count). The van der Waals surface area contributed by atoms with E-state index in [0.717, 1.165) is 36.3 Å². The molecule has 4 heteroatoms. The first-order valence-corrected chi connectivity index (χ1v) is 8.08. The van der Waals surface area contributed by atoms with Crippen LogP contribution in [0.2, 0.25) is 0 Å². The van der Waals surface area contributed by atoms with E-state index in [1.165, 1.54) is 11.4 Å². The fourth-order valence-corrected chi connectivity index (χ4v) is 2.95. The molecule has 1 heterocycles. The van der Waals surface area contributed by atoms with Crippen LogP contribution in [-0.2, 0) is 0 Å². The van der Waals surface area contributed by atoms with Crippen molar-refractivity contribution >= 4 is 27.3 Å². The summed E-state index contributed by atoms with van der Waals surface area (Å²) >= 11 is 3.46. The smallest absolute Gasteiger partial charge is 0.120 e. The summed E-state index contributed by atoms with van der Waals surface area (Å²) in [6.45, 7) is 3.67. The second kappa shape index (κ2) is 6.85. The SMILES string of the molecule is Brc1cccc(OCCN2CCCNc3ccccc32)c1. The lowest BCUT2D eigenvalue weighted by Gasteiger charge is -2.24. The molecule has 0 unspecified atom stereocenters. The summed E-state index contributed by atoms with van der Waals surface area (Å²) in [4.78, 5) is 2.40. The predicted molar refractivity (Wildman–Crippen MR) is 91.4 cm³/mol. The molecular weight excluding hydrogens is 328 g/mol. The Morgan fingerprint density at radius 1 is 1.14 bits per heavy atom. The van der Waals surface area contributed by atoms with E-state index in [9.17, 15) is 0 Å². The number of hydrogen-bond acceptors (Lipinski definition) is 3. The van der Waals surface area contributed by atoms with Gasteiger partial charge < -0.3 is 15.0 Å². The molecule has 1 aliphatic heterocycles. The van der Waals surface area contributed by atoms with Gasteiger partial charge in [-0.2, -0.15) is 0 Å². The van der Waals surface area contributed by atoms with Crippen molar-refractivity contribution in [3.63, 3.8) is 0 Å². The lowest BCUT2D eigenvalue weighted by Crippen LogP contribution is -2.28. The Morgan fingerprint density at radius 3 is 2.95 bits per heavy atom. The van der Waals surface area contributed by atoms with Gasteiger partial charge in [-0.15, -0.1) is 0 Å². The van der Waals surface area contributed by atoms with Crippen LogP contribution >= 0.6 is 15.9 Å². The average Bonchev–Trinajstić information content (AvgIpc) is 2.70. The molecule has 0 spiro atoms. The van der Waals surface area contributed by atoms with Crippen LogP contribution in [0.3, 0.4) is 0 Å². The Balaban J connectivity index is 1.62. The average molecular weight is 347 g/mol. The van der Waals surface area contributed by atoms with Crippen LogP contribution in [0.1, 0.15) is 6.42 Å². The van der Waals surface area contributed by atoms with Crippen LogP contribution in [-0.4, -0.2) is 26.2 Å². The molecule has 0 amide bonds. The first-order chi connectivity index (χ1) is 10.3. The van der Waals surface area contributed by atoms with Gasteiger partial charge in [0.15, 0.2) is 0 Å². The van der Waals surface area contributed by atoms with E-state index in [0.29, 0.717) is 6.61 Å². The number of anilines is 2. The molecule has 3 nitrogen and oxygen atoms in total. The number of para-hydroxylation sites is 2. The Kier molecular flexibility index (Phi) is 4.65. The van der Waals surface area contributed by atoms with Crippen LogP contribution in [0.25, 0.3) is 0 Å². The van der Waals surface area contributed by atoms with Crippen molar-refractivity contribution in [1.82, 2.24) is 0 Å². The Bertz CT molecular complexity index is 603. The largest absolute Gasteiger partial charge is 0.492 e. The molecule has 0 fully saturated rings. The van der Waals surface area contributed by atoms with Crippen molar-refractivity contribution in [2.45, 2.75) is 6.42 Å². The molecular formula is C17H19BrN2O. The molecule has 2 aromatic rings. The summed E-state index contributed by atoms with van der Waals surface area (Å²) in [5, 5.41) is 3.48. The molecule has 1 aliphatic rings. The van der Waals surface area contributed by atoms with Crippen LogP contribution in [0.5, 0.6) is 5.75 Å². The third-order valence-corrected chi connectivity index (χ3v) is 4.08. The van der Waals surface area contributed by atoms with Gasteiger partial charge in [0, 0.05) is 17.6 Å². The normalized spacial score (nSPS) is 14.0. The van der Waals surface area contributed by atoms with E-state index < -0.39 is 0 Å². The number of benzene rings is 2. The molecule has 0 aromatic heterocycles. The molecule has 0 aliphatic carbocycles. The van der Waals surface area contributed by atoms with Crippen molar-refractivity contribution in [3.8, 4) is 5.75 Å². The van der Waals surface area contributed by atoms with Gasteiger partial charge in [-0.25, -0.2) is 0 Å². The number of hydrogen-bond donors (Lipinski definition) is 1. The highest BCUT2D eigenvalue weighted by Gasteiger charge is 2.14. The Labute approximate surface area is 134 Å². The van der Waals surface area contributed by atoms with E-state index in [-0.39, 0.29) is 0 Å². The molecule has 1 N–H and O–H groups in total. The summed E-state index contributed by atoms with van der Waals surface area (Å²) in [6.07, 6.45) is 1.14. The highest BCUT2D eigenvalue weighted by Crippen LogP contribution is 2.27. The molecule has 0 atom stereocenters.